The highest BCUT2D eigenvalue weighted by Crippen LogP contribution is 2.29. The molecule has 3 atom stereocenters. The molecule has 1 rings (SSSR count). The van der Waals surface area contributed by atoms with E-state index in [2.05, 4.69) is 6.92 Å². The van der Waals surface area contributed by atoms with Crippen molar-refractivity contribution in [2.45, 2.75) is 45.3 Å². The van der Waals surface area contributed by atoms with Gasteiger partial charge in [-0.25, -0.2) is 0 Å². The number of hydrogen-bond acceptors (Lipinski definition) is 2. The molecule has 1 aliphatic carbocycles. The Bertz CT molecular complexity index is 230. The molecule has 5 heteroatoms. The Labute approximate surface area is 101 Å². The van der Waals surface area contributed by atoms with Crippen LogP contribution in [0.5, 0.6) is 0 Å². The van der Waals surface area contributed by atoms with Crippen molar-refractivity contribution in [3.63, 3.8) is 0 Å². The molecule has 0 heterocycles. The van der Waals surface area contributed by atoms with Crippen molar-refractivity contribution in [1.82, 2.24) is 4.90 Å². The second-order valence-corrected chi connectivity index (χ2v) is 5.29. The molecule has 0 amide bonds. The first-order valence-electron chi connectivity index (χ1n) is 6.36. The van der Waals surface area contributed by atoms with Gasteiger partial charge in [0.2, 0.25) is 0 Å². The van der Waals surface area contributed by atoms with E-state index in [1.54, 1.807) is 6.92 Å². The maximum Gasteiger partial charge on any atom is 0.401 e. The van der Waals surface area contributed by atoms with Crippen LogP contribution < -0.4 is 5.73 Å². The summed E-state index contributed by atoms with van der Waals surface area (Å²) in [5, 5.41) is 0. The second kappa shape index (κ2) is 6.05. The molecule has 0 saturated heterocycles. The first-order chi connectivity index (χ1) is 7.81. The third kappa shape index (κ3) is 5.25. The molecule has 0 aromatic heterocycles. The van der Waals surface area contributed by atoms with Crippen LogP contribution in [0.15, 0.2) is 0 Å². The van der Waals surface area contributed by atoms with Crippen molar-refractivity contribution in [2.75, 3.05) is 19.6 Å². The highest BCUT2D eigenvalue weighted by molar-refractivity contribution is 4.83. The number of hydrogen-bond donors (Lipinski definition) is 1. The summed E-state index contributed by atoms with van der Waals surface area (Å²) in [6.45, 7) is 4.00. The van der Waals surface area contributed by atoms with Crippen LogP contribution >= 0.6 is 0 Å². The van der Waals surface area contributed by atoms with Gasteiger partial charge in [0, 0.05) is 12.6 Å². The maximum atomic E-state index is 12.3. The van der Waals surface area contributed by atoms with Gasteiger partial charge >= 0.3 is 6.18 Å². The Balaban J connectivity index is 2.48. The topological polar surface area (TPSA) is 29.3 Å². The van der Waals surface area contributed by atoms with E-state index in [-0.39, 0.29) is 12.0 Å². The molecule has 1 saturated carbocycles. The lowest BCUT2D eigenvalue weighted by Crippen LogP contribution is -2.45. The molecule has 2 N–H and O–H groups in total. The number of alkyl halides is 3. The molecule has 102 valence electrons. The Hall–Kier alpha value is -0.290. The average molecular weight is 252 g/mol. The minimum Gasteiger partial charge on any atom is -0.327 e. The molecule has 0 aromatic carbocycles. The molecule has 3 unspecified atom stereocenters. The van der Waals surface area contributed by atoms with E-state index in [9.17, 15) is 13.2 Å². The van der Waals surface area contributed by atoms with E-state index in [1.807, 2.05) is 0 Å². The fourth-order valence-electron chi connectivity index (χ4n) is 2.62. The minimum absolute atomic E-state index is 0.0634. The highest BCUT2D eigenvalue weighted by Gasteiger charge is 2.33. The van der Waals surface area contributed by atoms with Gasteiger partial charge in [0.15, 0.2) is 0 Å². The van der Waals surface area contributed by atoms with Crippen molar-refractivity contribution in [1.29, 1.82) is 0 Å². The number of nitrogens with two attached hydrogens (primary N) is 1. The molecule has 0 spiro atoms. The predicted molar refractivity (Wildman–Crippen MR) is 62.6 cm³/mol. The number of halogens is 3. The van der Waals surface area contributed by atoms with Crippen molar-refractivity contribution in [3.8, 4) is 0 Å². The lowest BCUT2D eigenvalue weighted by atomic mass is 9.79. The molecule has 0 radical (unpaired) electrons. The van der Waals surface area contributed by atoms with E-state index in [4.69, 9.17) is 5.73 Å². The quantitative estimate of drug-likeness (QED) is 0.833. The van der Waals surface area contributed by atoms with Crippen LogP contribution in [-0.2, 0) is 0 Å². The van der Waals surface area contributed by atoms with Crippen LogP contribution in [0.25, 0.3) is 0 Å². The summed E-state index contributed by atoms with van der Waals surface area (Å²) in [6.07, 6.45) is -1.12. The summed E-state index contributed by atoms with van der Waals surface area (Å²) >= 11 is 0. The fourth-order valence-corrected chi connectivity index (χ4v) is 2.62. The van der Waals surface area contributed by atoms with Crippen molar-refractivity contribution >= 4 is 0 Å². The zero-order valence-electron chi connectivity index (χ0n) is 10.6. The van der Waals surface area contributed by atoms with Crippen LogP contribution in [0, 0.1) is 11.8 Å². The first-order valence-corrected chi connectivity index (χ1v) is 6.36. The van der Waals surface area contributed by atoms with Gasteiger partial charge in [0.1, 0.15) is 0 Å². The summed E-state index contributed by atoms with van der Waals surface area (Å²) < 4.78 is 37.0. The molecular formula is C12H23F3N2. The van der Waals surface area contributed by atoms with Crippen LogP contribution in [0.1, 0.15) is 33.1 Å². The van der Waals surface area contributed by atoms with Gasteiger partial charge in [0.25, 0.3) is 0 Å². The third-order valence-electron chi connectivity index (χ3n) is 3.65. The van der Waals surface area contributed by atoms with Crippen molar-refractivity contribution in [3.05, 3.63) is 0 Å². The number of nitrogens with zero attached hydrogens (tertiary/aromatic N) is 1. The standard InChI is InChI=1S/C12H23F3N2/c1-3-17(8-12(13,14)15)7-10-6-9(2)4-5-11(10)16/h9-11H,3-8,16H2,1-2H3. The molecule has 0 aliphatic heterocycles. The summed E-state index contributed by atoms with van der Waals surface area (Å²) in [6, 6.07) is 0.0634. The molecule has 2 nitrogen and oxygen atoms in total. The van der Waals surface area contributed by atoms with Crippen LogP contribution in [-0.4, -0.2) is 36.8 Å². The van der Waals surface area contributed by atoms with Crippen LogP contribution in [0.2, 0.25) is 0 Å². The van der Waals surface area contributed by atoms with E-state index in [0.29, 0.717) is 19.0 Å². The molecular weight excluding hydrogens is 229 g/mol. The van der Waals surface area contributed by atoms with Gasteiger partial charge in [-0.15, -0.1) is 0 Å². The Morgan fingerprint density at radius 3 is 2.47 bits per heavy atom. The lowest BCUT2D eigenvalue weighted by Gasteiger charge is -2.36. The zero-order chi connectivity index (χ0) is 13.1. The predicted octanol–water partition coefficient (Wildman–Crippen LogP) is 2.63. The number of rotatable bonds is 4. The largest absolute Gasteiger partial charge is 0.401 e. The minimum atomic E-state index is -4.11. The highest BCUT2D eigenvalue weighted by atomic mass is 19.4. The van der Waals surface area contributed by atoms with Gasteiger partial charge in [-0.3, -0.25) is 4.90 Å². The van der Waals surface area contributed by atoms with Gasteiger partial charge < -0.3 is 5.73 Å². The van der Waals surface area contributed by atoms with Crippen LogP contribution in [0.4, 0.5) is 13.2 Å². The summed E-state index contributed by atoms with van der Waals surface area (Å²) in [4.78, 5) is 1.46. The maximum absolute atomic E-state index is 12.3. The summed E-state index contributed by atoms with van der Waals surface area (Å²) in [7, 11) is 0. The second-order valence-electron chi connectivity index (χ2n) is 5.29. The van der Waals surface area contributed by atoms with Gasteiger partial charge in [-0.2, -0.15) is 13.2 Å². The average Bonchev–Trinajstić information content (AvgIpc) is 2.20. The smallest absolute Gasteiger partial charge is 0.327 e. The molecule has 0 aromatic rings. The monoisotopic (exact) mass is 252 g/mol. The molecule has 1 aliphatic rings. The fraction of sp³-hybridized carbons (Fsp3) is 1.00. The van der Waals surface area contributed by atoms with E-state index >= 15 is 0 Å². The van der Waals surface area contributed by atoms with Gasteiger partial charge in [-0.05, 0) is 37.6 Å². The third-order valence-corrected chi connectivity index (χ3v) is 3.65. The Morgan fingerprint density at radius 2 is 1.94 bits per heavy atom. The summed E-state index contributed by atoms with van der Waals surface area (Å²) in [5.74, 6) is 0.797. The Morgan fingerprint density at radius 1 is 1.29 bits per heavy atom. The summed E-state index contributed by atoms with van der Waals surface area (Å²) in [5.41, 5.74) is 6.00. The first kappa shape index (κ1) is 14.8. The van der Waals surface area contributed by atoms with Crippen LogP contribution in [0.3, 0.4) is 0 Å². The van der Waals surface area contributed by atoms with E-state index in [0.717, 1.165) is 19.3 Å². The van der Waals surface area contributed by atoms with Gasteiger partial charge in [-0.1, -0.05) is 13.8 Å². The van der Waals surface area contributed by atoms with E-state index < -0.39 is 12.7 Å². The molecule has 17 heavy (non-hydrogen) atoms. The Kier molecular flexibility index (Phi) is 5.25. The normalized spacial score (nSPS) is 30.9. The van der Waals surface area contributed by atoms with Crippen molar-refractivity contribution in [2.24, 2.45) is 17.6 Å². The SMILES string of the molecule is CCN(CC1CC(C)CCC1N)CC(F)(F)F. The molecule has 1 fully saturated rings. The van der Waals surface area contributed by atoms with Crippen molar-refractivity contribution < 1.29 is 13.2 Å². The van der Waals surface area contributed by atoms with E-state index in [1.165, 1.54) is 4.90 Å². The molecule has 0 bridgehead atoms. The lowest BCUT2D eigenvalue weighted by molar-refractivity contribution is -0.147. The zero-order valence-corrected chi connectivity index (χ0v) is 10.6. The van der Waals surface area contributed by atoms with Gasteiger partial charge in [0.05, 0.1) is 6.54 Å².